The van der Waals surface area contributed by atoms with E-state index in [2.05, 4.69) is 24.1 Å². The number of hydrogen-bond acceptors (Lipinski definition) is 6. The van der Waals surface area contributed by atoms with Gasteiger partial charge in [-0.15, -0.1) is 0 Å². The van der Waals surface area contributed by atoms with Crippen molar-refractivity contribution in [2.45, 2.75) is 11.1 Å². The molecule has 8 nitrogen and oxygen atoms in total. The number of hydrogen-bond donors (Lipinski definition) is 0. The number of halogens is 4. The molecule has 2 heterocycles. The molecule has 0 spiro atoms. The molecule has 1 amide bonds. The van der Waals surface area contributed by atoms with Gasteiger partial charge in [-0.25, -0.2) is 13.3 Å². The van der Waals surface area contributed by atoms with Gasteiger partial charge in [0, 0.05) is 18.0 Å². The second-order valence-electron chi connectivity index (χ2n) is 6.80. The molecule has 170 valence electrons. The van der Waals surface area contributed by atoms with Crippen molar-refractivity contribution in [3.05, 3.63) is 78.2 Å². The molecule has 1 atom stereocenters. The van der Waals surface area contributed by atoms with Crippen LogP contribution in [0.2, 0.25) is 0 Å². The van der Waals surface area contributed by atoms with E-state index in [1.807, 2.05) is 0 Å². The zero-order chi connectivity index (χ0) is 23.8. The Morgan fingerprint density at radius 2 is 1.88 bits per heavy atom. The predicted octanol–water partition coefficient (Wildman–Crippen LogP) is 4.38. The van der Waals surface area contributed by atoms with Crippen molar-refractivity contribution in [2.24, 2.45) is 4.36 Å². The van der Waals surface area contributed by atoms with Crippen molar-refractivity contribution >= 4 is 15.6 Å². The van der Waals surface area contributed by atoms with Gasteiger partial charge in [0.2, 0.25) is 5.82 Å². The number of alkyl halides is 3. The molecule has 0 saturated heterocycles. The third-order valence-corrected chi connectivity index (χ3v) is 6.02. The van der Waals surface area contributed by atoms with Crippen LogP contribution in [0.5, 0.6) is 0 Å². The summed E-state index contributed by atoms with van der Waals surface area (Å²) in [6.45, 7) is 0. The van der Waals surface area contributed by atoms with Crippen LogP contribution in [-0.4, -0.2) is 36.3 Å². The summed E-state index contributed by atoms with van der Waals surface area (Å²) in [7, 11) is -3.18. The molecule has 0 aliphatic heterocycles. The first kappa shape index (κ1) is 22.3. The summed E-state index contributed by atoms with van der Waals surface area (Å²) >= 11 is 0. The summed E-state index contributed by atoms with van der Waals surface area (Å²) in [5.74, 6) is -3.09. The van der Waals surface area contributed by atoms with Crippen LogP contribution < -0.4 is 0 Å². The number of aromatic nitrogens is 4. The largest absolute Gasteiger partial charge is 0.471 e. The summed E-state index contributed by atoms with van der Waals surface area (Å²) in [4.78, 5) is 15.9. The van der Waals surface area contributed by atoms with Crippen LogP contribution in [0, 0.1) is 5.82 Å². The fraction of sp³-hybridized carbons (Fsp3) is 0.100. The minimum atomic E-state index is -4.75. The molecule has 2 aromatic heterocycles. The molecule has 0 radical (unpaired) electrons. The molecule has 2 aromatic carbocycles. The summed E-state index contributed by atoms with van der Waals surface area (Å²) < 4.78 is 73.3. The molecule has 4 aromatic rings. The Morgan fingerprint density at radius 1 is 1.15 bits per heavy atom. The van der Waals surface area contributed by atoms with E-state index in [1.165, 1.54) is 65.8 Å². The van der Waals surface area contributed by atoms with Gasteiger partial charge >= 0.3 is 12.1 Å². The first-order chi connectivity index (χ1) is 15.5. The number of amides is 1. The van der Waals surface area contributed by atoms with E-state index < -0.39 is 33.5 Å². The van der Waals surface area contributed by atoms with Crippen molar-refractivity contribution in [2.75, 3.05) is 6.26 Å². The topological polar surface area (TPSA) is 103 Å². The van der Waals surface area contributed by atoms with E-state index in [4.69, 9.17) is 0 Å². The molecule has 4 rings (SSSR count). The smallest absolute Gasteiger partial charge is 0.329 e. The van der Waals surface area contributed by atoms with Gasteiger partial charge in [-0.05, 0) is 42.5 Å². The van der Waals surface area contributed by atoms with Crippen LogP contribution in [0.4, 0.5) is 17.6 Å². The quantitative estimate of drug-likeness (QED) is 0.403. The third kappa shape index (κ3) is 4.82. The Morgan fingerprint density at radius 3 is 2.52 bits per heavy atom. The Hall–Kier alpha value is -3.87. The van der Waals surface area contributed by atoms with Crippen LogP contribution in [0.1, 0.15) is 16.2 Å². The Kier molecular flexibility index (Phi) is 5.57. The van der Waals surface area contributed by atoms with Crippen molar-refractivity contribution in [3.63, 3.8) is 0 Å². The molecule has 1 unspecified atom stereocenters. The van der Waals surface area contributed by atoms with Gasteiger partial charge in [-0.3, -0.25) is 4.79 Å². The van der Waals surface area contributed by atoms with Gasteiger partial charge in [-0.2, -0.15) is 27.6 Å². The van der Waals surface area contributed by atoms with Crippen LogP contribution in [0.3, 0.4) is 0 Å². The Bertz CT molecular complexity index is 1450. The zero-order valence-corrected chi connectivity index (χ0v) is 17.5. The lowest BCUT2D eigenvalue weighted by Crippen LogP contribution is -2.04. The minimum Gasteiger partial charge on any atom is -0.329 e. The van der Waals surface area contributed by atoms with Crippen molar-refractivity contribution in [1.82, 2.24) is 19.9 Å². The van der Waals surface area contributed by atoms with E-state index >= 15 is 0 Å². The maximum Gasteiger partial charge on any atom is 0.471 e. The molecule has 33 heavy (non-hydrogen) atoms. The maximum absolute atomic E-state index is 13.4. The van der Waals surface area contributed by atoms with E-state index in [0.29, 0.717) is 5.69 Å². The first-order valence-corrected chi connectivity index (χ1v) is 11.0. The predicted molar refractivity (Wildman–Crippen MR) is 107 cm³/mol. The SMILES string of the molecule is CS(=O)(=NC(=O)c1cnn(-c2ccc(-c3noc(C(F)(F)F)n3)cc2)c1)c1cccc(F)c1. The Balaban J connectivity index is 1.55. The fourth-order valence-corrected chi connectivity index (χ4v) is 3.95. The summed E-state index contributed by atoms with van der Waals surface area (Å²) in [5, 5.41) is 7.36. The number of carbonyl (C=O) groups excluding carboxylic acids is 1. The lowest BCUT2D eigenvalue weighted by atomic mass is 10.2. The monoisotopic (exact) mass is 479 g/mol. The zero-order valence-electron chi connectivity index (χ0n) is 16.7. The number of carbonyl (C=O) groups is 1. The van der Waals surface area contributed by atoms with E-state index in [1.54, 1.807) is 0 Å². The van der Waals surface area contributed by atoms with Gasteiger partial charge in [0.15, 0.2) is 0 Å². The molecule has 0 bridgehead atoms. The first-order valence-electron chi connectivity index (χ1n) is 9.11. The van der Waals surface area contributed by atoms with Gasteiger partial charge in [0.25, 0.3) is 5.91 Å². The lowest BCUT2D eigenvalue weighted by Gasteiger charge is -2.03. The molecule has 0 N–H and O–H groups in total. The standard InChI is InChI=1S/C20H13F4N5O3S/c1-33(31,16-4-2-3-14(21)9-16)28-18(30)13-10-25-29(11-13)15-7-5-12(6-8-15)17-26-19(32-27-17)20(22,23)24/h2-11H,1H3. The van der Waals surface area contributed by atoms with Crippen LogP contribution >= 0.6 is 0 Å². The fourth-order valence-electron chi connectivity index (χ4n) is 2.76. The number of rotatable bonds is 4. The molecule has 13 heteroatoms. The second kappa shape index (κ2) is 8.24. The van der Waals surface area contributed by atoms with Gasteiger partial charge in [0.05, 0.1) is 32.1 Å². The normalized spacial score (nSPS) is 13.5. The average molecular weight is 479 g/mol. The molecular formula is C20H13F4N5O3S. The lowest BCUT2D eigenvalue weighted by molar-refractivity contribution is -0.159. The number of nitrogens with zero attached hydrogens (tertiary/aromatic N) is 5. The molecule has 0 aliphatic rings. The average Bonchev–Trinajstić information content (AvgIpc) is 3.44. The third-order valence-electron chi connectivity index (χ3n) is 4.38. The highest BCUT2D eigenvalue weighted by Crippen LogP contribution is 2.29. The van der Waals surface area contributed by atoms with Gasteiger partial charge < -0.3 is 4.52 Å². The van der Waals surface area contributed by atoms with Gasteiger partial charge in [-0.1, -0.05) is 11.2 Å². The molecule has 0 fully saturated rings. The van der Waals surface area contributed by atoms with E-state index in [0.717, 1.165) is 6.07 Å². The van der Waals surface area contributed by atoms with Crippen LogP contribution in [0.15, 0.2) is 74.7 Å². The van der Waals surface area contributed by atoms with E-state index in [-0.39, 0.29) is 21.8 Å². The highest BCUT2D eigenvalue weighted by molar-refractivity contribution is 7.93. The van der Waals surface area contributed by atoms with Crippen molar-refractivity contribution in [3.8, 4) is 17.1 Å². The molecule has 0 aliphatic carbocycles. The summed E-state index contributed by atoms with van der Waals surface area (Å²) in [5.41, 5.74) is 0.787. The highest BCUT2D eigenvalue weighted by Gasteiger charge is 2.38. The maximum atomic E-state index is 13.4. The van der Waals surface area contributed by atoms with Crippen molar-refractivity contribution in [1.29, 1.82) is 0 Å². The Labute approximate surface area is 184 Å². The van der Waals surface area contributed by atoms with Crippen molar-refractivity contribution < 1.29 is 31.1 Å². The van der Waals surface area contributed by atoms with E-state index in [9.17, 15) is 26.6 Å². The minimum absolute atomic E-state index is 0.0399. The molecule has 0 saturated carbocycles. The highest BCUT2D eigenvalue weighted by atomic mass is 32.2. The van der Waals surface area contributed by atoms with Gasteiger partial charge in [0.1, 0.15) is 5.82 Å². The summed E-state index contributed by atoms with van der Waals surface area (Å²) in [6, 6.07) is 11.0. The number of benzene rings is 2. The summed E-state index contributed by atoms with van der Waals surface area (Å²) in [6.07, 6.45) is -0.955. The van der Waals surface area contributed by atoms with Crippen LogP contribution in [0.25, 0.3) is 17.1 Å². The second-order valence-corrected chi connectivity index (χ2v) is 9.06. The van der Waals surface area contributed by atoms with Crippen LogP contribution in [-0.2, 0) is 15.9 Å². The molecular weight excluding hydrogens is 466 g/mol.